The Morgan fingerprint density at radius 1 is 1.26 bits per heavy atom. The lowest BCUT2D eigenvalue weighted by molar-refractivity contribution is 0.0697. The zero-order chi connectivity index (χ0) is 16.4. The van der Waals surface area contributed by atoms with E-state index in [1.807, 2.05) is 31.3 Å². The second kappa shape index (κ2) is 6.20. The molecule has 0 amide bonds. The minimum absolute atomic E-state index is 0.298. The number of aryl methyl sites for hydroxylation is 2. The van der Waals surface area contributed by atoms with Gasteiger partial charge in [0.1, 0.15) is 11.3 Å². The molecular formula is C18H19N3O2. The number of carboxylic acids is 1. The number of rotatable bonds is 5. The van der Waals surface area contributed by atoms with E-state index in [1.54, 1.807) is 12.1 Å². The molecule has 0 fully saturated rings. The first-order valence-electron chi connectivity index (χ1n) is 7.72. The highest BCUT2D eigenvalue weighted by Gasteiger charge is 2.12. The van der Waals surface area contributed by atoms with Gasteiger partial charge in [0.2, 0.25) is 0 Å². The lowest BCUT2D eigenvalue weighted by Crippen LogP contribution is -2.06. The predicted molar refractivity (Wildman–Crippen MR) is 88.8 cm³/mol. The lowest BCUT2D eigenvalue weighted by atomic mass is 10.1. The molecule has 118 valence electrons. The Balaban J connectivity index is 2.00. The monoisotopic (exact) mass is 309 g/mol. The van der Waals surface area contributed by atoms with Crippen LogP contribution in [0.2, 0.25) is 0 Å². The molecule has 2 heterocycles. The van der Waals surface area contributed by atoms with E-state index in [9.17, 15) is 4.79 Å². The van der Waals surface area contributed by atoms with Crippen LogP contribution in [0, 0.1) is 6.92 Å². The molecule has 5 heteroatoms. The maximum Gasteiger partial charge on any atom is 0.335 e. The second-order valence-corrected chi connectivity index (χ2v) is 5.72. The van der Waals surface area contributed by atoms with E-state index < -0.39 is 5.97 Å². The van der Waals surface area contributed by atoms with Crippen molar-refractivity contribution in [3.63, 3.8) is 0 Å². The van der Waals surface area contributed by atoms with Crippen molar-refractivity contribution in [3.8, 4) is 0 Å². The van der Waals surface area contributed by atoms with Crippen molar-refractivity contribution < 1.29 is 9.90 Å². The Kier molecular flexibility index (Phi) is 4.10. The van der Waals surface area contributed by atoms with E-state index >= 15 is 0 Å². The van der Waals surface area contributed by atoms with Gasteiger partial charge in [-0.25, -0.2) is 14.8 Å². The largest absolute Gasteiger partial charge is 0.478 e. The summed E-state index contributed by atoms with van der Waals surface area (Å²) in [6.45, 7) is 4.78. The molecular weight excluding hydrogens is 290 g/mol. The number of carboxylic acid groups (broad SMARTS) is 1. The molecule has 0 aliphatic heterocycles. The van der Waals surface area contributed by atoms with Gasteiger partial charge in [-0.15, -0.1) is 0 Å². The van der Waals surface area contributed by atoms with Gasteiger partial charge in [-0.3, -0.25) is 0 Å². The predicted octanol–water partition coefficient (Wildman–Crippen LogP) is 3.44. The van der Waals surface area contributed by atoms with E-state index in [2.05, 4.69) is 16.5 Å². The third-order valence-electron chi connectivity index (χ3n) is 3.82. The molecule has 0 radical (unpaired) electrons. The molecule has 5 nitrogen and oxygen atoms in total. The quantitative estimate of drug-likeness (QED) is 0.784. The average Bonchev–Trinajstić information content (AvgIpc) is 2.85. The third kappa shape index (κ3) is 3.08. The summed E-state index contributed by atoms with van der Waals surface area (Å²) in [5.74, 6) is 0.108. The standard InChI is InChI=1S/C18H19N3O2/c1-3-4-16-20-15-9-12(2)10-19-17(15)21(16)11-13-5-7-14(8-6-13)18(22)23/h5-10H,3-4,11H2,1-2H3,(H,22,23). The van der Waals surface area contributed by atoms with Crippen LogP contribution in [-0.2, 0) is 13.0 Å². The number of carbonyl (C=O) groups is 1. The minimum atomic E-state index is -0.909. The van der Waals surface area contributed by atoms with Gasteiger partial charge in [-0.2, -0.15) is 0 Å². The van der Waals surface area contributed by atoms with Gasteiger partial charge in [0, 0.05) is 12.6 Å². The molecule has 3 aromatic rings. The van der Waals surface area contributed by atoms with Crippen LogP contribution in [0.3, 0.4) is 0 Å². The van der Waals surface area contributed by atoms with E-state index in [-0.39, 0.29) is 0 Å². The summed E-state index contributed by atoms with van der Waals surface area (Å²) in [5, 5.41) is 8.99. The number of fused-ring (bicyclic) bond motifs is 1. The smallest absolute Gasteiger partial charge is 0.335 e. The van der Waals surface area contributed by atoms with E-state index in [0.29, 0.717) is 12.1 Å². The second-order valence-electron chi connectivity index (χ2n) is 5.72. The number of benzene rings is 1. The summed E-state index contributed by atoms with van der Waals surface area (Å²) >= 11 is 0. The van der Waals surface area contributed by atoms with Gasteiger partial charge in [0.05, 0.1) is 12.1 Å². The Morgan fingerprint density at radius 3 is 2.65 bits per heavy atom. The first-order valence-corrected chi connectivity index (χ1v) is 7.72. The first-order chi connectivity index (χ1) is 11.1. The average molecular weight is 309 g/mol. The normalized spacial score (nSPS) is 11.0. The summed E-state index contributed by atoms with van der Waals surface area (Å²) in [4.78, 5) is 20.2. The minimum Gasteiger partial charge on any atom is -0.478 e. The zero-order valence-electron chi connectivity index (χ0n) is 13.3. The van der Waals surface area contributed by atoms with Gasteiger partial charge in [-0.05, 0) is 42.7 Å². The lowest BCUT2D eigenvalue weighted by Gasteiger charge is -2.08. The Bertz CT molecular complexity index is 851. The van der Waals surface area contributed by atoms with Crippen LogP contribution >= 0.6 is 0 Å². The molecule has 0 saturated heterocycles. The molecule has 2 aromatic heterocycles. The van der Waals surface area contributed by atoms with E-state index in [4.69, 9.17) is 10.1 Å². The number of imidazole rings is 1. The molecule has 1 N–H and O–H groups in total. The summed E-state index contributed by atoms with van der Waals surface area (Å²) in [6, 6.07) is 9.01. The van der Waals surface area contributed by atoms with Crippen LogP contribution in [0.4, 0.5) is 0 Å². The van der Waals surface area contributed by atoms with Crippen molar-refractivity contribution >= 4 is 17.1 Å². The first kappa shape index (κ1) is 15.2. The molecule has 23 heavy (non-hydrogen) atoms. The van der Waals surface area contributed by atoms with Crippen molar-refractivity contribution in [2.45, 2.75) is 33.2 Å². The molecule has 0 bridgehead atoms. The summed E-state index contributed by atoms with van der Waals surface area (Å²) < 4.78 is 2.12. The number of hydrogen-bond acceptors (Lipinski definition) is 3. The van der Waals surface area contributed by atoms with Crippen LogP contribution < -0.4 is 0 Å². The van der Waals surface area contributed by atoms with Crippen LogP contribution in [0.25, 0.3) is 11.2 Å². The molecule has 0 aliphatic carbocycles. The molecule has 0 saturated carbocycles. The number of aromatic carboxylic acids is 1. The van der Waals surface area contributed by atoms with Crippen molar-refractivity contribution in [3.05, 3.63) is 59.0 Å². The van der Waals surface area contributed by atoms with Gasteiger partial charge in [0.25, 0.3) is 0 Å². The van der Waals surface area contributed by atoms with E-state index in [1.165, 1.54) is 0 Å². The highest BCUT2D eigenvalue weighted by Crippen LogP contribution is 2.18. The topological polar surface area (TPSA) is 68.0 Å². The van der Waals surface area contributed by atoms with Crippen LogP contribution in [0.15, 0.2) is 36.5 Å². The molecule has 1 aromatic carbocycles. The zero-order valence-corrected chi connectivity index (χ0v) is 13.3. The fourth-order valence-electron chi connectivity index (χ4n) is 2.67. The maximum absolute atomic E-state index is 11.0. The fraction of sp³-hybridized carbons (Fsp3) is 0.278. The van der Waals surface area contributed by atoms with Crippen LogP contribution in [-0.4, -0.2) is 25.6 Å². The highest BCUT2D eigenvalue weighted by molar-refractivity contribution is 5.87. The SMILES string of the molecule is CCCc1nc2cc(C)cnc2n1Cc1ccc(C(=O)O)cc1. The van der Waals surface area contributed by atoms with Crippen molar-refractivity contribution in [2.75, 3.05) is 0 Å². The van der Waals surface area contributed by atoms with Crippen molar-refractivity contribution in [2.24, 2.45) is 0 Å². The van der Waals surface area contributed by atoms with Gasteiger partial charge >= 0.3 is 5.97 Å². The summed E-state index contributed by atoms with van der Waals surface area (Å²) in [6.07, 6.45) is 3.76. The molecule has 3 rings (SSSR count). The summed E-state index contributed by atoms with van der Waals surface area (Å²) in [7, 11) is 0. The third-order valence-corrected chi connectivity index (χ3v) is 3.82. The number of pyridine rings is 1. The van der Waals surface area contributed by atoms with Gasteiger partial charge < -0.3 is 9.67 Å². The number of aromatic nitrogens is 3. The Morgan fingerprint density at radius 2 is 2.00 bits per heavy atom. The maximum atomic E-state index is 11.0. The molecule has 0 unspecified atom stereocenters. The summed E-state index contributed by atoms with van der Waals surface area (Å²) in [5.41, 5.74) is 4.22. The van der Waals surface area contributed by atoms with Crippen LogP contribution in [0.5, 0.6) is 0 Å². The number of hydrogen-bond donors (Lipinski definition) is 1. The highest BCUT2D eigenvalue weighted by atomic mass is 16.4. The number of nitrogens with zero attached hydrogens (tertiary/aromatic N) is 3. The molecule has 0 aliphatic rings. The van der Waals surface area contributed by atoms with E-state index in [0.717, 1.165) is 41.0 Å². The molecule has 0 atom stereocenters. The van der Waals surface area contributed by atoms with Crippen LogP contribution in [0.1, 0.15) is 40.7 Å². The Labute approximate surface area is 134 Å². The van der Waals surface area contributed by atoms with Crippen molar-refractivity contribution in [1.29, 1.82) is 0 Å². The van der Waals surface area contributed by atoms with Crippen molar-refractivity contribution in [1.82, 2.24) is 14.5 Å². The van der Waals surface area contributed by atoms with Gasteiger partial charge in [0.15, 0.2) is 5.65 Å². The Hall–Kier alpha value is -2.69. The molecule has 0 spiro atoms. The fourth-order valence-corrected chi connectivity index (χ4v) is 2.67. The van der Waals surface area contributed by atoms with Gasteiger partial charge in [-0.1, -0.05) is 19.1 Å².